The zero-order valence-corrected chi connectivity index (χ0v) is 11.6. The van der Waals surface area contributed by atoms with Crippen molar-refractivity contribution in [3.63, 3.8) is 0 Å². The van der Waals surface area contributed by atoms with E-state index in [9.17, 15) is 14.8 Å². The number of carbonyl (C=O) groups excluding carboxylic acids is 1. The van der Waals surface area contributed by atoms with Crippen molar-refractivity contribution in [1.82, 2.24) is 4.90 Å². The Morgan fingerprint density at radius 1 is 1.06 bits per heavy atom. The summed E-state index contributed by atoms with van der Waals surface area (Å²) in [5.41, 5.74) is 0. The summed E-state index contributed by atoms with van der Waals surface area (Å²) >= 11 is 0. The predicted molar refractivity (Wildman–Crippen MR) is 72.8 cm³/mol. The molecule has 1 aliphatic heterocycles. The minimum Gasteiger partial charge on any atom is -0.426 e. The number of nitrogens with zero attached hydrogens (tertiary/aromatic N) is 1. The van der Waals surface area contributed by atoms with Gasteiger partial charge in [0.2, 0.25) is 5.91 Å². The molecule has 0 radical (unpaired) electrons. The summed E-state index contributed by atoms with van der Waals surface area (Å²) in [5.74, 6) is -0.0853. The van der Waals surface area contributed by atoms with Crippen molar-refractivity contribution < 1.29 is 14.8 Å². The van der Waals surface area contributed by atoms with E-state index in [1.165, 1.54) is 6.42 Å². The number of hydrogen-bond donors (Lipinski definition) is 2. The zero-order valence-electron chi connectivity index (χ0n) is 11.6. The maximum atomic E-state index is 12.2. The van der Waals surface area contributed by atoms with Gasteiger partial charge in [-0.1, -0.05) is 33.1 Å². The Morgan fingerprint density at radius 3 is 2.22 bits per heavy atom. The van der Waals surface area contributed by atoms with Gasteiger partial charge in [0.1, 0.15) is 0 Å². The van der Waals surface area contributed by atoms with E-state index in [0.29, 0.717) is 6.54 Å². The lowest BCUT2D eigenvalue weighted by molar-refractivity contribution is -0.136. The summed E-state index contributed by atoms with van der Waals surface area (Å²) in [6.07, 6.45) is 7.06. The Labute approximate surface area is 111 Å². The van der Waals surface area contributed by atoms with Crippen LogP contribution in [0.15, 0.2) is 0 Å². The summed E-state index contributed by atoms with van der Waals surface area (Å²) in [4.78, 5) is 13.9. The monoisotopic (exact) mass is 255 g/mol. The second kappa shape index (κ2) is 7.79. The fraction of sp³-hybridized carbons (Fsp3) is 0.923. The maximum Gasteiger partial charge on any atom is 0.475 e. The molecule has 0 aromatic heterocycles. The average Bonchev–Trinajstić information content (AvgIpc) is 2.90. The molecule has 18 heavy (non-hydrogen) atoms. The fourth-order valence-corrected chi connectivity index (χ4v) is 2.96. The minimum absolute atomic E-state index is 0.132. The number of amides is 1. The van der Waals surface area contributed by atoms with Gasteiger partial charge in [0.15, 0.2) is 0 Å². The van der Waals surface area contributed by atoms with E-state index in [4.69, 9.17) is 0 Å². The van der Waals surface area contributed by atoms with Crippen LogP contribution in [0.3, 0.4) is 0 Å². The van der Waals surface area contributed by atoms with Gasteiger partial charge < -0.3 is 14.9 Å². The maximum absolute atomic E-state index is 12.2. The summed E-state index contributed by atoms with van der Waals surface area (Å²) in [6.45, 7) is 4.69. The highest BCUT2D eigenvalue weighted by atomic mass is 16.4. The molecule has 0 aromatic carbocycles. The van der Waals surface area contributed by atoms with Gasteiger partial charge in [-0.3, -0.25) is 4.79 Å². The van der Waals surface area contributed by atoms with Gasteiger partial charge in [-0.15, -0.1) is 0 Å². The number of likely N-dealkylation sites (tertiary alicyclic amines) is 1. The number of hydrogen-bond acceptors (Lipinski definition) is 3. The molecule has 104 valence electrons. The minimum atomic E-state index is -1.38. The topological polar surface area (TPSA) is 60.8 Å². The van der Waals surface area contributed by atoms with Crippen LogP contribution in [0.1, 0.15) is 58.8 Å². The van der Waals surface area contributed by atoms with Crippen molar-refractivity contribution in [2.24, 2.45) is 5.92 Å². The van der Waals surface area contributed by atoms with Gasteiger partial charge >= 0.3 is 7.12 Å². The normalized spacial score (nSPS) is 24.4. The van der Waals surface area contributed by atoms with Crippen LogP contribution in [-0.4, -0.2) is 40.5 Å². The van der Waals surface area contributed by atoms with Gasteiger partial charge in [-0.05, 0) is 25.7 Å². The molecule has 0 aromatic rings. The molecule has 1 atom stereocenters. The fourth-order valence-electron chi connectivity index (χ4n) is 2.96. The summed E-state index contributed by atoms with van der Waals surface area (Å²) in [7, 11) is -1.38. The van der Waals surface area contributed by atoms with E-state index in [2.05, 4.69) is 0 Å². The molecule has 1 saturated heterocycles. The molecular weight excluding hydrogens is 229 g/mol. The highest BCUT2D eigenvalue weighted by Crippen LogP contribution is 2.28. The second-order valence-electron chi connectivity index (χ2n) is 4.99. The molecular formula is C13H26BNO3. The Balaban J connectivity index is 0.000000771. The van der Waals surface area contributed by atoms with Gasteiger partial charge in [0, 0.05) is 12.5 Å². The van der Waals surface area contributed by atoms with Crippen molar-refractivity contribution in [2.45, 2.75) is 64.7 Å². The molecule has 1 heterocycles. The lowest BCUT2D eigenvalue weighted by atomic mass is 9.77. The van der Waals surface area contributed by atoms with Crippen LogP contribution in [0.5, 0.6) is 0 Å². The van der Waals surface area contributed by atoms with Gasteiger partial charge in [-0.2, -0.15) is 0 Å². The van der Waals surface area contributed by atoms with E-state index in [1.54, 1.807) is 4.90 Å². The molecule has 1 saturated carbocycles. The van der Waals surface area contributed by atoms with E-state index in [1.807, 2.05) is 13.8 Å². The molecule has 0 bridgehead atoms. The summed E-state index contributed by atoms with van der Waals surface area (Å²) < 4.78 is 0. The van der Waals surface area contributed by atoms with E-state index in [0.717, 1.165) is 38.5 Å². The first-order chi connectivity index (χ1) is 8.70. The Kier molecular flexibility index (Phi) is 6.72. The molecule has 1 amide bonds. The van der Waals surface area contributed by atoms with Crippen molar-refractivity contribution in [3.05, 3.63) is 0 Å². The summed E-state index contributed by atoms with van der Waals surface area (Å²) in [5, 5.41) is 18.5. The molecule has 1 aliphatic carbocycles. The molecule has 2 fully saturated rings. The first-order valence-electron chi connectivity index (χ1n) is 7.37. The Bertz CT molecular complexity index is 255. The van der Waals surface area contributed by atoms with E-state index in [-0.39, 0.29) is 17.8 Å². The Morgan fingerprint density at radius 2 is 1.67 bits per heavy atom. The average molecular weight is 255 g/mol. The predicted octanol–water partition coefficient (Wildman–Crippen LogP) is 1.60. The Hall–Kier alpha value is -0.545. The molecule has 2 aliphatic rings. The van der Waals surface area contributed by atoms with Gasteiger partial charge in [0.25, 0.3) is 0 Å². The first-order valence-corrected chi connectivity index (χ1v) is 7.37. The highest BCUT2D eigenvalue weighted by molar-refractivity contribution is 6.43. The third-order valence-corrected chi connectivity index (χ3v) is 3.88. The largest absolute Gasteiger partial charge is 0.475 e. The van der Waals surface area contributed by atoms with Crippen molar-refractivity contribution in [3.8, 4) is 0 Å². The van der Waals surface area contributed by atoms with Crippen molar-refractivity contribution in [2.75, 3.05) is 6.54 Å². The standard InChI is InChI=1S/C11H20BNO3.C2H6/c14-11(9-5-2-1-3-6-9)13-8-4-7-10(13)12(15)16;1-2/h9-10,15-16H,1-8H2;1-2H3. The number of carbonyl (C=O) groups is 1. The lowest BCUT2D eigenvalue weighted by Gasteiger charge is -2.30. The van der Waals surface area contributed by atoms with Crippen molar-refractivity contribution >= 4 is 13.0 Å². The molecule has 2 rings (SSSR count). The van der Waals surface area contributed by atoms with Crippen molar-refractivity contribution in [1.29, 1.82) is 0 Å². The summed E-state index contributed by atoms with van der Waals surface area (Å²) in [6, 6.07) is 0. The van der Waals surface area contributed by atoms with E-state index < -0.39 is 7.12 Å². The highest BCUT2D eigenvalue weighted by Gasteiger charge is 2.39. The van der Waals surface area contributed by atoms with E-state index >= 15 is 0 Å². The third kappa shape index (κ3) is 3.72. The molecule has 2 N–H and O–H groups in total. The smallest absolute Gasteiger partial charge is 0.426 e. The van der Waals surface area contributed by atoms with Crippen LogP contribution in [0, 0.1) is 5.92 Å². The SMILES string of the molecule is CC.O=C(C1CCCCC1)N1CCCC1B(O)O. The van der Waals surface area contributed by atoms with Crippen LogP contribution < -0.4 is 0 Å². The second-order valence-corrected chi connectivity index (χ2v) is 4.99. The molecule has 0 spiro atoms. The first kappa shape index (κ1) is 15.5. The third-order valence-electron chi connectivity index (χ3n) is 3.88. The quantitative estimate of drug-likeness (QED) is 0.737. The number of rotatable bonds is 2. The molecule has 5 heteroatoms. The van der Waals surface area contributed by atoms with Gasteiger partial charge in [0.05, 0.1) is 5.94 Å². The van der Waals surface area contributed by atoms with Crippen LogP contribution in [0.4, 0.5) is 0 Å². The molecule has 4 nitrogen and oxygen atoms in total. The van der Waals surface area contributed by atoms with Crippen LogP contribution in [-0.2, 0) is 4.79 Å². The zero-order chi connectivity index (χ0) is 13.5. The van der Waals surface area contributed by atoms with Crippen LogP contribution in [0.2, 0.25) is 0 Å². The lowest BCUT2D eigenvalue weighted by Crippen LogP contribution is -2.48. The van der Waals surface area contributed by atoms with Gasteiger partial charge in [-0.25, -0.2) is 0 Å². The molecule has 1 unspecified atom stereocenters. The van der Waals surface area contributed by atoms with Crippen LogP contribution in [0.25, 0.3) is 0 Å². The van der Waals surface area contributed by atoms with Crippen LogP contribution >= 0.6 is 0 Å².